The predicted molar refractivity (Wildman–Crippen MR) is 134 cm³/mol. The topological polar surface area (TPSA) is 93.3 Å². The fraction of sp³-hybridized carbons (Fsp3) is 0.231. The summed E-state index contributed by atoms with van der Waals surface area (Å²) in [5, 5.41) is 12.2. The Labute approximate surface area is 207 Å². The molecule has 8 nitrogen and oxygen atoms in total. The predicted octanol–water partition coefficient (Wildman–Crippen LogP) is 4.50. The Morgan fingerprint density at radius 1 is 0.943 bits per heavy atom. The van der Waals surface area contributed by atoms with E-state index in [1.165, 1.54) is 11.8 Å². The normalized spacial score (nSPS) is 14.1. The van der Waals surface area contributed by atoms with Crippen molar-refractivity contribution in [2.45, 2.75) is 18.0 Å². The first-order chi connectivity index (χ1) is 17.2. The van der Waals surface area contributed by atoms with Gasteiger partial charge in [-0.15, -0.1) is 10.2 Å². The lowest BCUT2D eigenvalue weighted by Crippen LogP contribution is -2.42. The molecule has 1 fully saturated rings. The van der Waals surface area contributed by atoms with Gasteiger partial charge >= 0.3 is 0 Å². The van der Waals surface area contributed by atoms with Gasteiger partial charge in [0.15, 0.2) is 10.9 Å². The van der Waals surface area contributed by atoms with Crippen molar-refractivity contribution >= 4 is 29.3 Å². The third-order valence-corrected chi connectivity index (χ3v) is 6.89. The molecule has 0 aliphatic carbocycles. The van der Waals surface area contributed by atoms with Gasteiger partial charge in [-0.3, -0.25) is 14.2 Å². The number of nitrogens with zero attached hydrogens (tertiary/aromatic N) is 4. The molecule has 0 saturated carbocycles. The SMILES string of the molecule is O=C(Nc1ccccc1)C1CCN(C(=O)CSc2nnc(-c3ccco3)n2-c2ccccc2)CC1. The van der Waals surface area contributed by atoms with E-state index in [0.717, 1.165) is 11.4 Å². The molecule has 1 aliphatic rings. The molecule has 1 saturated heterocycles. The van der Waals surface area contributed by atoms with Gasteiger partial charge in [0.1, 0.15) is 0 Å². The van der Waals surface area contributed by atoms with Gasteiger partial charge in [0.05, 0.1) is 12.0 Å². The van der Waals surface area contributed by atoms with Gasteiger partial charge in [-0.2, -0.15) is 0 Å². The maximum absolute atomic E-state index is 13.0. The van der Waals surface area contributed by atoms with Crippen LogP contribution >= 0.6 is 11.8 Å². The summed E-state index contributed by atoms with van der Waals surface area (Å²) >= 11 is 1.35. The first-order valence-electron chi connectivity index (χ1n) is 11.5. The van der Waals surface area contributed by atoms with Crippen molar-refractivity contribution in [3.8, 4) is 17.3 Å². The van der Waals surface area contributed by atoms with Crippen molar-refractivity contribution in [3.63, 3.8) is 0 Å². The van der Waals surface area contributed by atoms with Crippen LogP contribution in [-0.2, 0) is 9.59 Å². The molecule has 1 N–H and O–H groups in total. The summed E-state index contributed by atoms with van der Waals surface area (Å²) in [5.74, 6) is 1.38. The van der Waals surface area contributed by atoms with E-state index >= 15 is 0 Å². The average Bonchev–Trinajstić information content (AvgIpc) is 3.58. The van der Waals surface area contributed by atoms with Gasteiger partial charge in [-0.1, -0.05) is 48.2 Å². The third-order valence-electron chi connectivity index (χ3n) is 5.97. The smallest absolute Gasteiger partial charge is 0.233 e. The Morgan fingerprint density at radius 3 is 2.34 bits per heavy atom. The van der Waals surface area contributed by atoms with Gasteiger partial charge in [-0.25, -0.2) is 0 Å². The van der Waals surface area contributed by atoms with Crippen LogP contribution in [-0.4, -0.2) is 50.3 Å². The molecule has 2 aromatic carbocycles. The Balaban J connectivity index is 1.20. The lowest BCUT2D eigenvalue weighted by Gasteiger charge is -2.31. The van der Waals surface area contributed by atoms with Crippen LogP contribution in [0.2, 0.25) is 0 Å². The number of likely N-dealkylation sites (tertiary alicyclic amines) is 1. The van der Waals surface area contributed by atoms with Gasteiger partial charge in [0, 0.05) is 30.4 Å². The number of para-hydroxylation sites is 2. The van der Waals surface area contributed by atoms with Crippen LogP contribution in [0.4, 0.5) is 5.69 Å². The molecule has 0 spiro atoms. The van der Waals surface area contributed by atoms with Gasteiger partial charge in [0.2, 0.25) is 17.6 Å². The van der Waals surface area contributed by atoms with Crippen LogP contribution in [0.25, 0.3) is 17.3 Å². The summed E-state index contributed by atoms with van der Waals surface area (Å²) in [6, 6.07) is 22.9. The molecule has 5 rings (SSSR count). The molecular weight excluding hydrogens is 462 g/mol. The zero-order chi connectivity index (χ0) is 24.0. The summed E-state index contributed by atoms with van der Waals surface area (Å²) in [6.45, 7) is 1.13. The van der Waals surface area contributed by atoms with E-state index in [9.17, 15) is 9.59 Å². The van der Waals surface area contributed by atoms with Gasteiger partial charge in [0.25, 0.3) is 0 Å². The van der Waals surface area contributed by atoms with E-state index in [1.807, 2.05) is 76.2 Å². The second-order valence-electron chi connectivity index (χ2n) is 8.25. The average molecular weight is 488 g/mol. The van der Waals surface area contributed by atoms with Crippen LogP contribution in [0.15, 0.2) is 88.6 Å². The second kappa shape index (κ2) is 10.6. The van der Waals surface area contributed by atoms with Crippen molar-refractivity contribution in [2.75, 3.05) is 24.2 Å². The monoisotopic (exact) mass is 487 g/mol. The van der Waals surface area contributed by atoms with Crippen LogP contribution in [0.3, 0.4) is 0 Å². The van der Waals surface area contributed by atoms with Crippen LogP contribution < -0.4 is 5.32 Å². The zero-order valence-electron chi connectivity index (χ0n) is 19.0. The van der Waals surface area contributed by atoms with Crippen molar-refractivity contribution in [1.29, 1.82) is 0 Å². The number of thioether (sulfide) groups is 1. The number of carbonyl (C=O) groups is 2. The van der Waals surface area contributed by atoms with Crippen LogP contribution in [0, 0.1) is 5.92 Å². The minimum absolute atomic E-state index is 0.0130. The fourth-order valence-electron chi connectivity index (χ4n) is 4.11. The Kier molecular flexibility index (Phi) is 6.94. The minimum Gasteiger partial charge on any atom is -0.461 e. The standard InChI is InChI=1S/C26H25N5O3S/c32-23(30-15-13-19(14-16-30)25(33)27-20-8-3-1-4-9-20)18-35-26-29-28-24(22-12-7-17-34-22)31(26)21-10-5-2-6-11-21/h1-12,17,19H,13-16,18H2,(H,27,33). The molecule has 0 atom stereocenters. The number of nitrogens with one attached hydrogen (secondary N) is 1. The Morgan fingerprint density at radius 2 is 1.66 bits per heavy atom. The molecular formula is C26H25N5O3S. The van der Waals surface area contributed by atoms with Crippen molar-refractivity contribution in [1.82, 2.24) is 19.7 Å². The summed E-state index contributed by atoms with van der Waals surface area (Å²) in [6.07, 6.45) is 2.90. The summed E-state index contributed by atoms with van der Waals surface area (Å²) in [4.78, 5) is 27.4. The van der Waals surface area contributed by atoms with E-state index in [0.29, 0.717) is 42.7 Å². The first kappa shape index (κ1) is 22.9. The summed E-state index contributed by atoms with van der Waals surface area (Å²) in [7, 11) is 0. The third kappa shape index (κ3) is 5.30. The molecule has 4 aromatic rings. The highest BCUT2D eigenvalue weighted by molar-refractivity contribution is 7.99. The zero-order valence-corrected chi connectivity index (χ0v) is 19.9. The Hall–Kier alpha value is -3.85. The number of aromatic nitrogens is 3. The van der Waals surface area contributed by atoms with Crippen LogP contribution in [0.5, 0.6) is 0 Å². The number of furan rings is 1. The number of piperidine rings is 1. The van der Waals surface area contributed by atoms with Gasteiger partial charge in [-0.05, 0) is 49.2 Å². The summed E-state index contributed by atoms with van der Waals surface area (Å²) < 4.78 is 7.44. The number of hydrogen-bond donors (Lipinski definition) is 1. The molecule has 35 heavy (non-hydrogen) atoms. The number of carbonyl (C=O) groups excluding carboxylic acids is 2. The molecule has 1 aliphatic heterocycles. The largest absolute Gasteiger partial charge is 0.461 e. The molecule has 9 heteroatoms. The van der Waals surface area contributed by atoms with E-state index in [-0.39, 0.29) is 23.5 Å². The van der Waals surface area contributed by atoms with E-state index in [2.05, 4.69) is 15.5 Å². The van der Waals surface area contributed by atoms with Gasteiger partial charge < -0.3 is 14.6 Å². The van der Waals surface area contributed by atoms with Crippen molar-refractivity contribution in [3.05, 3.63) is 79.1 Å². The van der Waals surface area contributed by atoms with Crippen molar-refractivity contribution < 1.29 is 14.0 Å². The highest BCUT2D eigenvalue weighted by Gasteiger charge is 2.28. The minimum atomic E-state index is -0.0936. The lowest BCUT2D eigenvalue weighted by molar-refractivity contribution is -0.132. The molecule has 178 valence electrons. The number of hydrogen-bond acceptors (Lipinski definition) is 6. The van der Waals surface area contributed by atoms with E-state index in [1.54, 1.807) is 12.3 Å². The molecule has 0 unspecified atom stereocenters. The maximum Gasteiger partial charge on any atom is 0.233 e. The first-order valence-corrected chi connectivity index (χ1v) is 12.5. The maximum atomic E-state index is 13.0. The molecule has 3 heterocycles. The quantitative estimate of drug-likeness (QED) is 0.386. The Bertz CT molecular complexity index is 1270. The molecule has 2 aromatic heterocycles. The number of amides is 2. The lowest BCUT2D eigenvalue weighted by atomic mass is 9.96. The van der Waals surface area contributed by atoms with E-state index < -0.39 is 0 Å². The number of anilines is 1. The number of benzene rings is 2. The number of rotatable bonds is 7. The molecule has 2 amide bonds. The fourth-order valence-corrected chi connectivity index (χ4v) is 4.97. The van der Waals surface area contributed by atoms with E-state index in [4.69, 9.17) is 4.42 Å². The molecule has 0 bridgehead atoms. The van der Waals surface area contributed by atoms with Crippen LogP contribution in [0.1, 0.15) is 12.8 Å². The highest BCUT2D eigenvalue weighted by atomic mass is 32.2. The second-order valence-corrected chi connectivity index (χ2v) is 9.20. The highest BCUT2D eigenvalue weighted by Crippen LogP contribution is 2.29. The molecule has 0 radical (unpaired) electrons. The summed E-state index contributed by atoms with van der Waals surface area (Å²) in [5.41, 5.74) is 1.69. The van der Waals surface area contributed by atoms with Crippen molar-refractivity contribution in [2.24, 2.45) is 5.92 Å².